The largest absolute Gasteiger partial charge is 0.482 e. The Morgan fingerprint density at radius 2 is 2.16 bits per heavy atom. The summed E-state index contributed by atoms with van der Waals surface area (Å²) in [6, 6.07) is 8.01. The van der Waals surface area contributed by atoms with Gasteiger partial charge in [-0.2, -0.15) is 0 Å². The standard InChI is InChI=1S/C12H8BrClN2O3/c13-9-2-3-11(10(5-9)16(17)18)19-7-8-1-4-12(14)15-6-8/h1-6H,7H2. The van der Waals surface area contributed by atoms with Crippen molar-refractivity contribution in [1.82, 2.24) is 4.98 Å². The average molecular weight is 344 g/mol. The number of benzene rings is 1. The fourth-order valence-electron chi connectivity index (χ4n) is 1.41. The van der Waals surface area contributed by atoms with Crippen LogP contribution in [-0.2, 0) is 6.61 Å². The van der Waals surface area contributed by atoms with Crippen LogP contribution in [0.2, 0.25) is 5.15 Å². The minimum atomic E-state index is -0.486. The molecule has 1 aromatic heterocycles. The van der Waals surface area contributed by atoms with E-state index in [2.05, 4.69) is 20.9 Å². The van der Waals surface area contributed by atoms with Gasteiger partial charge in [0, 0.05) is 22.3 Å². The third-order valence-corrected chi connectivity index (χ3v) is 3.02. The number of pyridine rings is 1. The number of hydrogen-bond donors (Lipinski definition) is 0. The monoisotopic (exact) mass is 342 g/mol. The van der Waals surface area contributed by atoms with E-state index < -0.39 is 4.92 Å². The van der Waals surface area contributed by atoms with E-state index in [9.17, 15) is 10.1 Å². The quantitative estimate of drug-likeness (QED) is 0.478. The molecule has 0 N–H and O–H groups in total. The van der Waals surface area contributed by atoms with E-state index >= 15 is 0 Å². The summed E-state index contributed by atoms with van der Waals surface area (Å²) in [4.78, 5) is 14.3. The van der Waals surface area contributed by atoms with E-state index in [4.69, 9.17) is 16.3 Å². The number of hydrogen-bond acceptors (Lipinski definition) is 4. The SMILES string of the molecule is O=[N+]([O-])c1cc(Br)ccc1OCc1ccc(Cl)nc1. The number of halogens is 2. The number of aromatic nitrogens is 1. The lowest BCUT2D eigenvalue weighted by atomic mass is 10.3. The Kier molecular flexibility index (Phi) is 4.34. The molecule has 0 spiro atoms. The zero-order valence-corrected chi connectivity index (χ0v) is 11.9. The molecule has 0 aliphatic rings. The lowest BCUT2D eigenvalue weighted by molar-refractivity contribution is -0.386. The van der Waals surface area contributed by atoms with E-state index in [1.165, 1.54) is 6.07 Å². The Bertz CT molecular complexity index is 604. The van der Waals surface area contributed by atoms with Crippen LogP contribution in [0, 0.1) is 10.1 Å². The summed E-state index contributed by atoms with van der Waals surface area (Å²) in [6.07, 6.45) is 1.56. The molecular weight excluding hydrogens is 336 g/mol. The fraction of sp³-hybridized carbons (Fsp3) is 0.0833. The van der Waals surface area contributed by atoms with Crippen molar-refractivity contribution in [3.63, 3.8) is 0 Å². The van der Waals surface area contributed by atoms with E-state index in [1.54, 1.807) is 30.5 Å². The van der Waals surface area contributed by atoms with Crippen molar-refractivity contribution >= 4 is 33.2 Å². The Labute approximate surface area is 122 Å². The lowest BCUT2D eigenvalue weighted by Crippen LogP contribution is -1.99. The van der Waals surface area contributed by atoms with Crippen LogP contribution in [0.25, 0.3) is 0 Å². The van der Waals surface area contributed by atoms with Crippen LogP contribution in [-0.4, -0.2) is 9.91 Å². The number of nitro benzene ring substituents is 1. The van der Waals surface area contributed by atoms with Gasteiger partial charge in [0.1, 0.15) is 11.8 Å². The molecule has 0 aliphatic carbocycles. The number of nitrogens with zero attached hydrogens (tertiary/aromatic N) is 2. The second kappa shape index (κ2) is 5.99. The third-order valence-electron chi connectivity index (χ3n) is 2.30. The van der Waals surface area contributed by atoms with Gasteiger partial charge in [0.25, 0.3) is 0 Å². The molecule has 0 radical (unpaired) electrons. The van der Waals surface area contributed by atoms with Gasteiger partial charge in [0.15, 0.2) is 5.75 Å². The summed E-state index contributed by atoms with van der Waals surface area (Å²) in [6.45, 7) is 0.187. The van der Waals surface area contributed by atoms with Crippen molar-refractivity contribution in [3.05, 3.63) is 61.8 Å². The molecule has 2 rings (SSSR count). The maximum Gasteiger partial charge on any atom is 0.312 e. The molecule has 2 aromatic rings. The first-order valence-corrected chi connectivity index (χ1v) is 6.40. The average Bonchev–Trinajstić information content (AvgIpc) is 2.39. The third kappa shape index (κ3) is 3.65. The highest BCUT2D eigenvalue weighted by Gasteiger charge is 2.15. The molecule has 0 unspecified atom stereocenters. The van der Waals surface area contributed by atoms with Crippen LogP contribution in [0.4, 0.5) is 5.69 Å². The van der Waals surface area contributed by atoms with E-state index in [-0.39, 0.29) is 18.0 Å². The van der Waals surface area contributed by atoms with Crippen LogP contribution in [0.15, 0.2) is 41.0 Å². The minimum Gasteiger partial charge on any atom is -0.482 e. The van der Waals surface area contributed by atoms with Crippen molar-refractivity contribution in [3.8, 4) is 5.75 Å². The normalized spacial score (nSPS) is 10.2. The molecule has 0 aliphatic heterocycles. The molecule has 98 valence electrons. The molecule has 1 heterocycles. The van der Waals surface area contributed by atoms with E-state index in [0.29, 0.717) is 9.63 Å². The number of ether oxygens (including phenoxy) is 1. The van der Waals surface area contributed by atoms with Crippen LogP contribution in [0.1, 0.15) is 5.56 Å². The summed E-state index contributed by atoms with van der Waals surface area (Å²) in [7, 11) is 0. The molecule has 0 fully saturated rings. The first kappa shape index (κ1) is 13.8. The maximum absolute atomic E-state index is 10.9. The second-order valence-corrected chi connectivity index (χ2v) is 4.95. The second-order valence-electron chi connectivity index (χ2n) is 3.65. The van der Waals surface area contributed by atoms with Crippen molar-refractivity contribution in [2.24, 2.45) is 0 Å². The molecule has 0 saturated carbocycles. The van der Waals surface area contributed by atoms with Gasteiger partial charge in [-0.25, -0.2) is 4.98 Å². The molecule has 7 heteroatoms. The molecule has 0 atom stereocenters. The number of nitro groups is 1. The zero-order valence-electron chi connectivity index (χ0n) is 9.55. The smallest absolute Gasteiger partial charge is 0.312 e. The zero-order chi connectivity index (χ0) is 13.8. The molecule has 0 bridgehead atoms. The van der Waals surface area contributed by atoms with Crippen LogP contribution < -0.4 is 4.74 Å². The topological polar surface area (TPSA) is 65.3 Å². The van der Waals surface area contributed by atoms with Crippen molar-refractivity contribution in [2.45, 2.75) is 6.61 Å². The van der Waals surface area contributed by atoms with Crippen LogP contribution >= 0.6 is 27.5 Å². The highest BCUT2D eigenvalue weighted by atomic mass is 79.9. The van der Waals surface area contributed by atoms with Gasteiger partial charge in [0.2, 0.25) is 0 Å². The van der Waals surface area contributed by atoms with Crippen molar-refractivity contribution in [2.75, 3.05) is 0 Å². The van der Waals surface area contributed by atoms with Gasteiger partial charge in [-0.05, 0) is 18.2 Å². The number of rotatable bonds is 4. The first-order chi connectivity index (χ1) is 9.06. The van der Waals surface area contributed by atoms with E-state index in [1.807, 2.05) is 0 Å². The minimum absolute atomic E-state index is 0.0868. The Hall–Kier alpha value is -1.66. The van der Waals surface area contributed by atoms with Crippen molar-refractivity contribution in [1.29, 1.82) is 0 Å². The summed E-state index contributed by atoms with van der Waals surface area (Å²) >= 11 is 8.85. The highest BCUT2D eigenvalue weighted by Crippen LogP contribution is 2.30. The molecule has 5 nitrogen and oxygen atoms in total. The van der Waals surface area contributed by atoms with Crippen LogP contribution in [0.5, 0.6) is 5.75 Å². The van der Waals surface area contributed by atoms with Gasteiger partial charge in [-0.3, -0.25) is 10.1 Å². The predicted octanol–water partition coefficient (Wildman–Crippen LogP) is 3.98. The van der Waals surface area contributed by atoms with Crippen molar-refractivity contribution < 1.29 is 9.66 Å². The van der Waals surface area contributed by atoms with Gasteiger partial charge in [-0.15, -0.1) is 0 Å². The van der Waals surface area contributed by atoms with Crippen LogP contribution in [0.3, 0.4) is 0 Å². The molecule has 1 aromatic carbocycles. The Balaban J connectivity index is 2.15. The molecular formula is C12H8BrClN2O3. The summed E-state index contributed by atoms with van der Waals surface area (Å²) in [5.41, 5.74) is 0.693. The lowest BCUT2D eigenvalue weighted by Gasteiger charge is -2.07. The highest BCUT2D eigenvalue weighted by molar-refractivity contribution is 9.10. The van der Waals surface area contributed by atoms with Gasteiger partial charge in [0.05, 0.1) is 4.92 Å². The molecule has 19 heavy (non-hydrogen) atoms. The maximum atomic E-state index is 10.9. The fourth-order valence-corrected chi connectivity index (χ4v) is 1.87. The Morgan fingerprint density at radius 1 is 1.37 bits per heavy atom. The van der Waals surface area contributed by atoms with Gasteiger partial charge in [-0.1, -0.05) is 33.6 Å². The summed E-state index contributed by atoms with van der Waals surface area (Å²) in [5.74, 6) is 0.211. The van der Waals surface area contributed by atoms with E-state index in [0.717, 1.165) is 5.56 Å². The predicted molar refractivity (Wildman–Crippen MR) is 74.4 cm³/mol. The first-order valence-electron chi connectivity index (χ1n) is 5.23. The molecule has 0 saturated heterocycles. The van der Waals surface area contributed by atoms with Gasteiger partial charge >= 0.3 is 5.69 Å². The Morgan fingerprint density at radius 3 is 2.79 bits per heavy atom. The molecule has 0 amide bonds. The summed E-state index contributed by atoms with van der Waals surface area (Å²) < 4.78 is 6.06. The summed E-state index contributed by atoms with van der Waals surface area (Å²) in [5, 5.41) is 11.3. The van der Waals surface area contributed by atoms with Gasteiger partial charge < -0.3 is 4.74 Å².